The molecule has 0 aromatic heterocycles. The average Bonchev–Trinajstić information content (AvgIpc) is 2.69. The second-order valence-electron chi connectivity index (χ2n) is 6.54. The summed E-state index contributed by atoms with van der Waals surface area (Å²) in [4.78, 5) is 25.1. The second-order valence-corrected chi connectivity index (χ2v) is 7.38. The standard InChI is InChI=1S/C20H25Cl2N3O3/c1-23-19(26)14-28-20(27)24-17-8-11-25(12-9-17)10-4-2-3-5-15-13-16(21)6-7-18(15)22/h6-7,13,17H,2,4,8-12,14H2,1H3,(H,23,26)(H,24,27). The minimum Gasteiger partial charge on any atom is -0.439 e. The van der Waals surface area contributed by atoms with Crippen LogP contribution in [-0.2, 0) is 9.53 Å². The van der Waals surface area contributed by atoms with E-state index < -0.39 is 6.09 Å². The number of carbonyl (C=O) groups is 2. The maximum absolute atomic E-state index is 11.7. The van der Waals surface area contributed by atoms with Crippen LogP contribution in [0, 0.1) is 11.8 Å². The first-order valence-corrected chi connectivity index (χ1v) is 10.0. The summed E-state index contributed by atoms with van der Waals surface area (Å²) in [6.07, 6.45) is 2.93. The number of alkyl carbamates (subject to hydrolysis) is 1. The van der Waals surface area contributed by atoms with Crippen molar-refractivity contribution in [3.63, 3.8) is 0 Å². The average molecular weight is 426 g/mol. The molecule has 0 radical (unpaired) electrons. The van der Waals surface area contributed by atoms with Crippen LogP contribution in [-0.4, -0.2) is 56.2 Å². The first kappa shape index (κ1) is 22.4. The first-order valence-electron chi connectivity index (χ1n) is 9.28. The fourth-order valence-corrected chi connectivity index (χ4v) is 3.19. The van der Waals surface area contributed by atoms with Gasteiger partial charge in [0.1, 0.15) is 0 Å². The number of ether oxygens (including phenoxy) is 1. The Balaban J connectivity index is 1.61. The summed E-state index contributed by atoms with van der Waals surface area (Å²) in [7, 11) is 1.50. The molecule has 1 saturated heterocycles. The van der Waals surface area contributed by atoms with Gasteiger partial charge in [0.05, 0.1) is 5.02 Å². The number of hydrogen-bond acceptors (Lipinski definition) is 4. The zero-order valence-corrected chi connectivity index (χ0v) is 17.4. The van der Waals surface area contributed by atoms with E-state index in [2.05, 4.69) is 27.4 Å². The minimum absolute atomic E-state index is 0.0817. The maximum Gasteiger partial charge on any atom is 0.407 e. The molecule has 2 rings (SSSR count). The Labute approximate surface area is 175 Å². The van der Waals surface area contributed by atoms with Crippen molar-refractivity contribution in [2.75, 3.05) is 33.3 Å². The maximum atomic E-state index is 11.7. The van der Waals surface area contributed by atoms with Gasteiger partial charge in [0.25, 0.3) is 5.91 Å². The van der Waals surface area contributed by atoms with Crippen LogP contribution in [0.1, 0.15) is 31.2 Å². The Morgan fingerprint density at radius 1 is 1.29 bits per heavy atom. The number of halogens is 2. The van der Waals surface area contributed by atoms with E-state index >= 15 is 0 Å². The van der Waals surface area contributed by atoms with Crippen molar-refractivity contribution in [2.24, 2.45) is 0 Å². The number of likely N-dealkylation sites (N-methyl/N-ethyl adjacent to an activating group) is 1. The van der Waals surface area contributed by atoms with Gasteiger partial charge in [-0.3, -0.25) is 4.79 Å². The Bertz CT molecular complexity index is 738. The highest BCUT2D eigenvalue weighted by atomic mass is 35.5. The number of unbranched alkanes of at least 4 members (excludes halogenated alkanes) is 1. The van der Waals surface area contributed by atoms with Crippen LogP contribution >= 0.6 is 23.2 Å². The van der Waals surface area contributed by atoms with Crippen LogP contribution in [0.25, 0.3) is 0 Å². The van der Waals surface area contributed by atoms with E-state index in [1.165, 1.54) is 7.05 Å². The molecule has 0 atom stereocenters. The largest absolute Gasteiger partial charge is 0.439 e. The van der Waals surface area contributed by atoms with Gasteiger partial charge in [-0.2, -0.15) is 0 Å². The van der Waals surface area contributed by atoms with E-state index in [0.29, 0.717) is 10.0 Å². The summed E-state index contributed by atoms with van der Waals surface area (Å²) in [6.45, 7) is 2.52. The van der Waals surface area contributed by atoms with Gasteiger partial charge in [-0.25, -0.2) is 4.79 Å². The van der Waals surface area contributed by atoms with Crippen molar-refractivity contribution >= 4 is 35.2 Å². The number of likely N-dealkylation sites (tertiary alicyclic amines) is 1. The number of nitrogens with zero attached hydrogens (tertiary/aromatic N) is 1. The molecular formula is C20H25Cl2N3O3. The summed E-state index contributed by atoms with van der Waals surface area (Å²) in [5.41, 5.74) is 0.754. The molecule has 1 heterocycles. The van der Waals surface area contributed by atoms with E-state index in [-0.39, 0.29) is 18.6 Å². The molecule has 0 spiro atoms. The lowest BCUT2D eigenvalue weighted by molar-refractivity contribution is -0.123. The fraction of sp³-hybridized carbons (Fsp3) is 0.500. The Morgan fingerprint density at radius 3 is 2.75 bits per heavy atom. The third kappa shape index (κ3) is 7.97. The number of benzene rings is 1. The molecule has 1 aliphatic heterocycles. The third-order valence-electron chi connectivity index (χ3n) is 4.45. The van der Waals surface area contributed by atoms with Crippen molar-refractivity contribution in [3.8, 4) is 11.8 Å². The number of nitrogens with one attached hydrogen (secondary N) is 2. The van der Waals surface area contributed by atoms with Gasteiger partial charge in [0.15, 0.2) is 6.61 Å². The highest BCUT2D eigenvalue weighted by molar-refractivity contribution is 6.33. The predicted octanol–water partition coefficient (Wildman–Crippen LogP) is 3.06. The molecule has 0 saturated carbocycles. The van der Waals surface area contributed by atoms with E-state index in [4.69, 9.17) is 27.9 Å². The molecule has 1 aromatic carbocycles. The topological polar surface area (TPSA) is 70.7 Å². The van der Waals surface area contributed by atoms with Crippen LogP contribution in [0.2, 0.25) is 10.0 Å². The molecule has 0 aliphatic carbocycles. The molecule has 28 heavy (non-hydrogen) atoms. The number of piperidine rings is 1. The lowest BCUT2D eigenvalue weighted by Gasteiger charge is -2.31. The molecular weight excluding hydrogens is 401 g/mol. The third-order valence-corrected chi connectivity index (χ3v) is 5.02. The van der Waals surface area contributed by atoms with E-state index in [9.17, 15) is 9.59 Å². The Morgan fingerprint density at radius 2 is 2.04 bits per heavy atom. The molecule has 152 valence electrons. The summed E-state index contributed by atoms with van der Waals surface area (Å²) in [5.74, 6) is 5.89. The first-order chi connectivity index (χ1) is 13.5. The highest BCUT2D eigenvalue weighted by Crippen LogP contribution is 2.19. The SMILES string of the molecule is CNC(=O)COC(=O)NC1CCN(CCCC#Cc2cc(Cl)ccc2Cl)CC1. The lowest BCUT2D eigenvalue weighted by atomic mass is 10.0. The van der Waals surface area contributed by atoms with Crippen molar-refractivity contribution in [1.82, 2.24) is 15.5 Å². The predicted molar refractivity (Wildman–Crippen MR) is 111 cm³/mol. The molecule has 1 aromatic rings. The van der Waals surface area contributed by atoms with E-state index in [1.807, 2.05) is 0 Å². The summed E-state index contributed by atoms with van der Waals surface area (Å²) in [5, 5.41) is 6.45. The van der Waals surface area contributed by atoms with Gasteiger partial charge < -0.3 is 20.3 Å². The monoisotopic (exact) mass is 425 g/mol. The van der Waals surface area contributed by atoms with Gasteiger partial charge in [-0.05, 0) is 44.0 Å². The van der Waals surface area contributed by atoms with E-state index in [1.54, 1.807) is 18.2 Å². The number of amides is 2. The molecule has 6 nitrogen and oxygen atoms in total. The lowest BCUT2D eigenvalue weighted by Crippen LogP contribution is -2.45. The Hall–Kier alpha value is -1.94. The zero-order valence-electron chi connectivity index (χ0n) is 15.9. The van der Waals surface area contributed by atoms with Crippen LogP contribution in [0.5, 0.6) is 0 Å². The summed E-state index contributed by atoms with van der Waals surface area (Å²) >= 11 is 12.0. The normalized spacial score (nSPS) is 14.7. The summed E-state index contributed by atoms with van der Waals surface area (Å²) < 4.78 is 4.86. The van der Waals surface area contributed by atoms with Crippen molar-refractivity contribution in [3.05, 3.63) is 33.8 Å². The van der Waals surface area contributed by atoms with Crippen LogP contribution in [0.4, 0.5) is 4.79 Å². The summed E-state index contributed by atoms with van der Waals surface area (Å²) in [6, 6.07) is 5.35. The molecule has 0 unspecified atom stereocenters. The van der Waals surface area contributed by atoms with Gasteiger partial charge in [-0.15, -0.1) is 0 Å². The molecule has 0 bridgehead atoms. The molecule has 2 amide bonds. The Kier molecular flexibility index (Phi) is 9.42. The number of rotatable bonds is 6. The quantitative estimate of drug-likeness (QED) is 0.542. The van der Waals surface area contributed by atoms with Gasteiger partial charge in [-0.1, -0.05) is 35.0 Å². The van der Waals surface area contributed by atoms with Crippen LogP contribution < -0.4 is 10.6 Å². The van der Waals surface area contributed by atoms with Gasteiger partial charge >= 0.3 is 6.09 Å². The minimum atomic E-state index is -0.544. The van der Waals surface area contributed by atoms with Crippen molar-refractivity contribution < 1.29 is 14.3 Å². The zero-order chi connectivity index (χ0) is 20.4. The number of hydrogen-bond donors (Lipinski definition) is 2. The van der Waals surface area contributed by atoms with Crippen molar-refractivity contribution in [2.45, 2.75) is 31.7 Å². The molecule has 1 aliphatic rings. The fourth-order valence-electron chi connectivity index (χ4n) is 2.85. The van der Waals surface area contributed by atoms with Gasteiger partial charge in [0.2, 0.25) is 0 Å². The van der Waals surface area contributed by atoms with Crippen LogP contribution in [0.3, 0.4) is 0 Å². The highest BCUT2D eigenvalue weighted by Gasteiger charge is 2.21. The smallest absolute Gasteiger partial charge is 0.407 e. The molecule has 1 fully saturated rings. The van der Waals surface area contributed by atoms with E-state index in [0.717, 1.165) is 50.9 Å². The molecule has 8 heteroatoms. The van der Waals surface area contributed by atoms with Gasteiger partial charge in [0, 0.05) is 43.2 Å². The van der Waals surface area contributed by atoms with Crippen molar-refractivity contribution in [1.29, 1.82) is 0 Å². The number of carbonyl (C=O) groups excluding carboxylic acids is 2. The van der Waals surface area contributed by atoms with Crippen LogP contribution in [0.15, 0.2) is 18.2 Å². The molecule has 2 N–H and O–H groups in total. The second kappa shape index (κ2) is 11.8.